The number of pyridine rings is 1. The minimum absolute atomic E-state index is 0.00718. The summed E-state index contributed by atoms with van der Waals surface area (Å²) >= 11 is 0. The van der Waals surface area contributed by atoms with E-state index < -0.39 is 11.7 Å². The number of para-hydroxylation sites is 1. The van der Waals surface area contributed by atoms with Gasteiger partial charge in [0.2, 0.25) is 0 Å². The maximum atomic E-state index is 13.6. The molecule has 154 valence electrons. The molecule has 29 heavy (non-hydrogen) atoms. The van der Waals surface area contributed by atoms with E-state index in [4.69, 9.17) is 9.26 Å². The Morgan fingerprint density at radius 1 is 1.28 bits per heavy atom. The topological polar surface area (TPSA) is 51.4 Å². The van der Waals surface area contributed by atoms with Gasteiger partial charge in [-0.1, -0.05) is 23.4 Å². The molecule has 0 saturated carbocycles. The molecule has 0 N–H and O–H groups in total. The molecule has 3 heterocycles. The summed E-state index contributed by atoms with van der Waals surface area (Å²) in [5.74, 6) is 0.658. The minimum atomic E-state index is -4.49. The van der Waals surface area contributed by atoms with Crippen molar-refractivity contribution in [3.8, 4) is 5.75 Å². The molecular weight excluding hydrogens is 383 g/mol. The number of nitrogens with zero attached hydrogens (tertiary/aromatic N) is 3. The average molecular weight is 405 g/mol. The van der Waals surface area contributed by atoms with Crippen molar-refractivity contribution in [2.75, 3.05) is 20.2 Å². The fourth-order valence-electron chi connectivity index (χ4n) is 4.10. The zero-order valence-corrected chi connectivity index (χ0v) is 16.3. The molecule has 0 unspecified atom stereocenters. The quantitative estimate of drug-likeness (QED) is 0.616. The number of ether oxygens (including phenoxy) is 1. The van der Waals surface area contributed by atoms with Gasteiger partial charge < -0.3 is 9.26 Å². The zero-order valence-electron chi connectivity index (χ0n) is 16.3. The molecule has 0 amide bonds. The van der Waals surface area contributed by atoms with Crippen LogP contribution in [0.25, 0.3) is 11.1 Å². The molecule has 1 atom stereocenters. The molecule has 0 spiro atoms. The molecule has 0 aliphatic carbocycles. The van der Waals surface area contributed by atoms with Gasteiger partial charge in [-0.3, -0.25) is 4.90 Å². The molecule has 1 aromatic carbocycles. The molecule has 5 nitrogen and oxygen atoms in total. The predicted molar refractivity (Wildman–Crippen MR) is 102 cm³/mol. The lowest BCUT2D eigenvalue weighted by Gasteiger charge is -2.32. The highest BCUT2D eigenvalue weighted by Gasteiger charge is 2.37. The third-order valence-corrected chi connectivity index (χ3v) is 5.39. The fraction of sp³-hybridized carbons (Fsp3) is 0.429. The Morgan fingerprint density at radius 3 is 2.83 bits per heavy atom. The van der Waals surface area contributed by atoms with Gasteiger partial charge in [-0.05, 0) is 38.4 Å². The normalized spacial score (nSPS) is 18.3. The van der Waals surface area contributed by atoms with Gasteiger partial charge in [0.1, 0.15) is 5.75 Å². The number of hydrogen-bond acceptors (Lipinski definition) is 5. The first-order chi connectivity index (χ1) is 13.9. The Morgan fingerprint density at radius 2 is 2.07 bits per heavy atom. The van der Waals surface area contributed by atoms with Crippen molar-refractivity contribution in [2.45, 2.75) is 38.4 Å². The number of rotatable bonds is 4. The van der Waals surface area contributed by atoms with Crippen LogP contribution in [0.15, 0.2) is 34.9 Å². The summed E-state index contributed by atoms with van der Waals surface area (Å²) in [6.45, 7) is 3.66. The summed E-state index contributed by atoms with van der Waals surface area (Å²) in [5.41, 5.74) is 0.889. The lowest BCUT2D eigenvalue weighted by Crippen LogP contribution is -2.34. The van der Waals surface area contributed by atoms with Crippen LogP contribution in [0.1, 0.15) is 41.3 Å². The van der Waals surface area contributed by atoms with Crippen LogP contribution in [-0.2, 0) is 12.7 Å². The van der Waals surface area contributed by atoms with Crippen LogP contribution in [0.5, 0.6) is 5.75 Å². The van der Waals surface area contributed by atoms with Gasteiger partial charge in [-0.2, -0.15) is 13.2 Å². The van der Waals surface area contributed by atoms with Crippen LogP contribution in [0, 0.1) is 6.92 Å². The van der Waals surface area contributed by atoms with E-state index in [2.05, 4.69) is 15.0 Å². The first kappa shape index (κ1) is 19.7. The van der Waals surface area contributed by atoms with Crippen LogP contribution in [0.4, 0.5) is 13.2 Å². The van der Waals surface area contributed by atoms with Crippen molar-refractivity contribution in [3.05, 3.63) is 52.8 Å². The van der Waals surface area contributed by atoms with E-state index in [1.165, 1.54) is 6.92 Å². The maximum Gasteiger partial charge on any atom is 0.417 e. The molecule has 1 aliphatic rings. The molecule has 8 heteroatoms. The Hall–Kier alpha value is -2.61. The SMILES string of the molecule is COc1ccccc1CN1CCC[C@@H](c2noc3nc(C)cc(C(F)(F)F)c23)C1. The van der Waals surface area contributed by atoms with Crippen LogP contribution >= 0.6 is 0 Å². The molecule has 4 rings (SSSR count). The summed E-state index contributed by atoms with van der Waals surface area (Å²) in [5, 5.41) is 4.01. The van der Waals surface area contributed by atoms with Gasteiger partial charge in [0.15, 0.2) is 0 Å². The summed E-state index contributed by atoms with van der Waals surface area (Å²) in [4.78, 5) is 6.34. The maximum absolute atomic E-state index is 13.6. The smallest absolute Gasteiger partial charge is 0.417 e. The largest absolute Gasteiger partial charge is 0.496 e. The molecule has 1 aliphatic heterocycles. The number of benzene rings is 1. The van der Waals surface area contributed by atoms with Crippen LogP contribution in [0.3, 0.4) is 0 Å². The lowest BCUT2D eigenvalue weighted by atomic mass is 9.91. The van der Waals surface area contributed by atoms with E-state index in [0.717, 1.165) is 36.8 Å². The van der Waals surface area contributed by atoms with Crippen molar-refractivity contribution in [3.63, 3.8) is 0 Å². The summed E-state index contributed by atoms with van der Waals surface area (Å²) in [6, 6.07) is 8.84. The van der Waals surface area contributed by atoms with Gasteiger partial charge in [0, 0.05) is 30.3 Å². The molecule has 0 bridgehead atoms. The van der Waals surface area contributed by atoms with E-state index in [1.807, 2.05) is 24.3 Å². The van der Waals surface area contributed by atoms with Gasteiger partial charge in [0.05, 0.1) is 23.8 Å². The number of piperidine rings is 1. The highest BCUT2D eigenvalue weighted by atomic mass is 19.4. The second-order valence-corrected chi connectivity index (χ2v) is 7.44. The number of halogens is 3. The lowest BCUT2D eigenvalue weighted by molar-refractivity contribution is -0.136. The standard InChI is InChI=1S/C21H22F3N3O2/c1-13-10-16(21(22,23)24)18-19(26-29-20(18)25-13)15-7-5-9-27(12-15)11-14-6-3-4-8-17(14)28-2/h3-4,6,8,10,15H,5,7,9,11-12H2,1-2H3/t15-/m1/s1. The first-order valence-corrected chi connectivity index (χ1v) is 9.55. The Bertz CT molecular complexity index is 1020. The van der Waals surface area contributed by atoms with E-state index in [9.17, 15) is 13.2 Å². The Labute approximate surface area is 166 Å². The van der Waals surface area contributed by atoms with E-state index in [1.54, 1.807) is 7.11 Å². The number of likely N-dealkylation sites (tertiary alicyclic amines) is 1. The third-order valence-electron chi connectivity index (χ3n) is 5.39. The second kappa shape index (κ2) is 7.67. The number of aryl methyl sites for hydroxylation is 1. The van der Waals surface area contributed by atoms with Crippen LogP contribution < -0.4 is 4.74 Å². The number of methoxy groups -OCH3 is 1. The van der Waals surface area contributed by atoms with E-state index >= 15 is 0 Å². The summed E-state index contributed by atoms with van der Waals surface area (Å²) in [6.07, 6.45) is -2.86. The number of aromatic nitrogens is 2. The first-order valence-electron chi connectivity index (χ1n) is 9.55. The van der Waals surface area contributed by atoms with E-state index in [0.29, 0.717) is 18.8 Å². The highest BCUT2D eigenvalue weighted by molar-refractivity contribution is 5.81. The van der Waals surface area contributed by atoms with Crippen molar-refractivity contribution in [1.82, 2.24) is 15.0 Å². The molecule has 1 saturated heterocycles. The number of alkyl halides is 3. The van der Waals surface area contributed by atoms with Gasteiger partial charge in [-0.25, -0.2) is 4.98 Å². The highest BCUT2D eigenvalue weighted by Crippen LogP contribution is 2.40. The van der Waals surface area contributed by atoms with Crippen molar-refractivity contribution >= 4 is 11.1 Å². The van der Waals surface area contributed by atoms with Gasteiger partial charge in [0.25, 0.3) is 5.71 Å². The number of hydrogen-bond donors (Lipinski definition) is 0. The number of fused-ring (bicyclic) bond motifs is 1. The van der Waals surface area contributed by atoms with Gasteiger partial charge in [-0.15, -0.1) is 0 Å². The van der Waals surface area contributed by atoms with Crippen LogP contribution in [-0.4, -0.2) is 35.2 Å². The summed E-state index contributed by atoms with van der Waals surface area (Å²) < 4.78 is 51.6. The van der Waals surface area contributed by atoms with Crippen LogP contribution in [0.2, 0.25) is 0 Å². The Balaban J connectivity index is 1.64. The van der Waals surface area contributed by atoms with Crippen molar-refractivity contribution < 1.29 is 22.4 Å². The second-order valence-electron chi connectivity index (χ2n) is 7.44. The molecule has 0 radical (unpaired) electrons. The predicted octanol–water partition coefficient (Wildman–Crippen LogP) is 4.94. The average Bonchev–Trinajstić information content (AvgIpc) is 3.11. The van der Waals surface area contributed by atoms with Gasteiger partial charge >= 0.3 is 6.18 Å². The van der Waals surface area contributed by atoms with Crippen molar-refractivity contribution in [1.29, 1.82) is 0 Å². The van der Waals surface area contributed by atoms with Crippen molar-refractivity contribution in [2.24, 2.45) is 0 Å². The zero-order chi connectivity index (χ0) is 20.6. The fourth-order valence-corrected chi connectivity index (χ4v) is 4.10. The summed E-state index contributed by atoms with van der Waals surface area (Å²) in [7, 11) is 1.63. The molecule has 3 aromatic rings. The minimum Gasteiger partial charge on any atom is -0.496 e. The monoisotopic (exact) mass is 405 g/mol. The molecular formula is C21H22F3N3O2. The Kier molecular flexibility index (Phi) is 5.21. The molecule has 2 aromatic heterocycles. The van der Waals surface area contributed by atoms with E-state index in [-0.39, 0.29) is 22.7 Å². The molecule has 1 fully saturated rings. The third kappa shape index (κ3) is 3.94.